The number of carbonyl (C=O) groups is 2. The molecule has 0 unspecified atom stereocenters. The Morgan fingerprint density at radius 1 is 1.19 bits per heavy atom. The van der Waals surface area contributed by atoms with E-state index in [1.54, 1.807) is 24.4 Å². The number of benzene rings is 1. The highest BCUT2D eigenvalue weighted by Crippen LogP contribution is 2.34. The van der Waals surface area contributed by atoms with Crippen molar-refractivity contribution in [3.8, 4) is 17.1 Å². The van der Waals surface area contributed by atoms with Crippen LogP contribution in [-0.4, -0.2) is 66.9 Å². The third kappa shape index (κ3) is 4.38. The maximum absolute atomic E-state index is 12.7. The number of amidine groups is 1. The number of methoxy groups -OCH3 is 1. The molecule has 0 saturated carbocycles. The Bertz CT molecular complexity index is 974. The molecular weight excluding hydrogens is 406 g/mol. The van der Waals surface area contributed by atoms with Crippen LogP contribution in [0.4, 0.5) is 5.69 Å². The van der Waals surface area contributed by atoms with E-state index in [-0.39, 0.29) is 5.84 Å². The molecule has 4 rings (SSSR count). The highest BCUT2D eigenvalue weighted by atomic mass is 16.7. The predicted octanol–water partition coefficient (Wildman–Crippen LogP) is 2.16. The first kappa shape index (κ1) is 20.9. The van der Waals surface area contributed by atoms with Crippen LogP contribution < -0.4 is 4.74 Å². The van der Waals surface area contributed by atoms with Gasteiger partial charge in [0.15, 0.2) is 12.2 Å². The van der Waals surface area contributed by atoms with E-state index >= 15 is 0 Å². The molecule has 1 aromatic heterocycles. The number of cyclic esters (lactones) is 2. The minimum Gasteiger partial charge on any atom is -0.496 e. The molecule has 10 nitrogen and oxygen atoms in total. The van der Waals surface area contributed by atoms with Crippen molar-refractivity contribution in [1.29, 1.82) is 0 Å². The Hall–Kier alpha value is -3.40. The Kier molecular flexibility index (Phi) is 5.64. The number of esters is 2. The monoisotopic (exact) mass is 429 g/mol. The lowest BCUT2D eigenvalue weighted by molar-refractivity contribution is -0.236. The van der Waals surface area contributed by atoms with Crippen LogP contribution in [0.15, 0.2) is 40.2 Å². The number of hydrogen-bond acceptors (Lipinski definition) is 9. The smallest absolute Gasteiger partial charge is 0.331 e. The van der Waals surface area contributed by atoms with Gasteiger partial charge in [-0.25, -0.2) is 9.98 Å². The van der Waals surface area contributed by atoms with Crippen molar-refractivity contribution in [2.24, 2.45) is 10.9 Å². The molecule has 164 valence electrons. The van der Waals surface area contributed by atoms with E-state index in [1.807, 2.05) is 4.90 Å². The van der Waals surface area contributed by atoms with E-state index in [0.717, 1.165) is 0 Å². The van der Waals surface area contributed by atoms with Crippen molar-refractivity contribution in [3.63, 3.8) is 0 Å². The summed E-state index contributed by atoms with van der Waals surface area (Å²) >= 11 is 0. The van der Waals surface area contributed by atoms with Gasteiger partial charge in [0.2, 0.25) is 5.92 Å². The number of rotatable bonds is 4. The molecule has 10 heteroatoms. The summed E-state index contributed by atoms with van der Waals surface area (Å²) in [5.41, 5.74) is 1.19. The number of carbonyl (C=O) groups excluding carboxylic acids is 2. The van der Waals surface area contributed by atoms with Gasteiger partial charge in [-0.15, -0.1) is 0 Å². The summed E-state index contributed by atoms with van der Waals surface area (Å²) in [5, 5.41) is 0. The zero-order valence-corrected chi connectivity index (χ0v) is 17.5. The Morgan fingerprint density at radius 2 is 1.90 bits per heavy atom. The predicted molar refractivity (Wildman–Crippen MR) is 108 cm³/mol. The van der Waals surface area contributed by atoms with Gasteiger partial charge in [0, 0.05) is 33.0 Å². The quantitative estimate of drug-likeness (QED) is 0.312. The van der Waals surface area contributed by atoms with Gasteiger partial charge in [0.1, 0.15) is 11.6 Å². The van der Waals surface area contributed by atoms with Crippen LogP contribution >= 0.6 is 0 Å². The second-order valence-electron chi connectivity index (χ2n) is 7.49. The lowest BCUT2D eigenvalue weighted by atomic mass is 10.0. The highest BCUT2D eigenvalue weighted by Gasteiger charge is 2.47. The van der Waals surface area contributed by atoms with E-state index < -0.39 is 23.6 Å². The summed E-state index contributed by atoms with van der Waals surface area (Å²) in [4.78, 5) is 35.9. The second kappa shape index (κ2) is 8.38. The second-order valence-corrected chi connectivity index (χ2v) is 7.49. The topological polar surface area (TPSA) is 113 Å². The van der Waals surface area contributed by atoms with Gasteiger partial charge in [0.25, 0.3) is 5.79 Å². The molecule has 2 aromatic rings. The lowest BCUT2D eigenvalue weighted by Gasteiger charge is -2.37. The minimum absolute atomic E-state index is 0.253. The van der Waals surface area contributed by atoms with Crippen LogP contribution in [0.25, 0.3) is 11.3 Å². The fourth-order valence-electron chi connectivity index (χ4n) is 3.47. The van der Waals surface area contributed by atoms with E-state index in [4.69, 9.17) is 23.4 Å². The standard InChI is InChI=1S/C21H23N3O7/c1-21(2)30-19(25)17(20(26)31-21)18(24-6-8-28-9-7-24)23-13-4-5-14(15(10-13)27-3)16-11-22-12-29-16/h4-5,10-12,17H,6-9H2,1-3H3. The molecular formula is C21H23N3O7. The van der Waals surface area contributed by atoms with Crippen LogP contribution in [0.2, 0.25) is 0 Å². The molecule has 0 N–H and O–H groups in total. The lowest BCUT2D eigenvalue weighted by Crippen LogP contribution is -2.54. The van der Waals surface area contributed by atoms with Crippen molar-refractivity contribution in [1.82, 2.24) is 9.88 Å². The van der Waals surface area contributed by atoms with E-state index in [9.17, 15) is 9.59 Å². The van der Waals surface area contributed by atoms with Crippen molar-refractivity contribution in [2.45, 2.75) is 19.6 Å². The first-order chi connectivity index (χ1) is 14.9. The van der Waals surface area contributed by atoms with Gasteiger partial charge in [0.05, 0.1) is 37.8 Å². The van der Waals surface area contributed by atoms with Crippen LogP contribution in [-0.2, 0) is 23.8 Å². The summed E-state index contributed by atoms with van der Waals surface area (Å²) in [7, 11) is 1.53. The molecule has 0 radical (unpaired) electrons. The van der Waals surface area contributed by atoms with Crippen molar-refractivity contribution >= 4 is 23.5 Å². The molecule has 2 aliphatic rings. The molecule has 3 heterocycles. The van der Waals surface area contributed by atoms with Crippen LogP contribution in [0.3, 0.4) is 0 Å². The largest absolute Gasteiger partial charge is 0.496 e. The average Bonchev–Trinajstić information content (AvgIpc) is 3.27. The number of nitrogens with zero attached hydrogens (tertiary/aromatic N) is 3. The third-order valence-corrected chi connectivity index (χ3v) is 4.88. The highest BCUT2D eigenvalue weighted by molar-refractivity contribution is 6.17. The van der Waals surface area contributed by atoms with Crippen molar-refractivity contribution < 1.29 is 33.0 Å². The van der Waals surface area contributed by atoms with E-state index in [2.05, 4.69) is 9.98 Å². The molecule has 0 bridgehead atoms. The van der Waals surface area contributed by atoms with Gasteiger partial charge < -0.3 is 28.3 Å². The van der Waals surface area contributed by atoms with Crippen LogP contribution in [0, 0.1) is 5.92 Å². The first-order valence-corrected chi connectivity index (χ1v) is 9.82. The summed E-state index contributed by atoms with van der Waals surface area (Å²) in [6.45, 7) is 4.89. The van der Waals surface area contributed by atoms with Crippen molar-refractivity contribution in [3.05, 3.63) is 30.8 Å². The van der Waals surface area contributed by atoms with Gasteiger partial charge in [-0.2, -0.15) is 0 Å². The zero-order chi connectivity index (χ0) is 22.0. The van der Waals surface area contributed by atoms with Crippen molar-refractivity contribution in [2.75, 3.05) is 33.4 Å². The summed E-state index contributed by atoms with van der Waals surface area (Å²) in [5.74, 6) is -2.69. The maximum Gasteiger partial charge on any atom is 0.331 e. The number of morpholine rings is 1. The van der Waals surface area contributed by atoms with Gasteiger partial charge in [-0.3, -0.25) is 9.59 Å². The number of oxazole rings is 1. The molecule has 2 aliphatic heterocycles. The Morgan fingerprint density at radius 3 is 2.52 bits per heavy atom. The molecule has 2 fully saturated rings. The third-order valence-electron chi connectivity index (χ3n) is 4.88. The van der Waals surface area contributed by atoms with Crippen LogP contribution in [0.1, 0.15) is 13.8 Å². The molecule has 0 amide bonds. The normalized spacial score (nSPS) is 19.7. The first-order valence-electron chi connectivity index (χ1n) is 9.82. The van der Waals surface area contributed by atoms with E-state index in [1.165, 1.54) is 27.4 Å². The average molecular weight is 429 g/mol. The zero-order valence-electron chi connectivity index (χ0n) is 17.5. The molecule has 0 aliphatic carbocycles. The van der Waals surface area contributed by atoms with Crippen LogP contribution in [0.5, 0.6) is 5.75 Å². The molecule has 0 atom stereocenters. The fraction of sp³-hybridized carbons (Fsp3) is 0.429. The summed E-state index contributed by atoms with van der Waals surface area (Å²) in [6, 6.07) is 5.21. The molecule has 2 saturated heterocycles. The number of hydrogen-bond donors (Lipinski definition) is 0. The Balaban J connectivity index is 1.73. The van der Waals surface area contributed by atoms with Gasteiger partial charge >= 0.3 is 11.9 Å². The summed E-state index contributed by atoms with van der Waals surface area (Å²) < 4.78 is 26.9. The maximum atomic E-state index is 12.7. The number of aliphatic imine (C=N–C) groups is 1. The summed E-state index contributed by atoms with van der Waals surface area (Å²) in [6.07, 6.45) is 2.91. The minimum atomic E-state index is -1.32. The number of ether oxygens (including phenoxy) is 4. The fourth-order valence-corrected chi connectivity index (χ4v) is 3.47. The van der Waals surface area contributed by atoms with Gasteiger partial charge in [-0.1, -0.05) is 0 Å². The van der Waals surface area contributed by atoms with Gasteiger partial charge in [-0.05, 0) is 12.1 Å². The van der Waals surface area contributed by atoms with E-state index in [0.29, 0.717) is 49.1 Å². The molecule has 1 aromatic carbocycles. The Labute approximate surface area is 178 Å². The molecule has 31 heavy (non-hydrogen) atoms. The SMILES string of the molecule is COc1cc(N=C(C2C(=O)OC(C)(C)OC2=O)N2CCOCC2)ccc1-c1cnco1. The number of aromatic nitrogens is 1. The molecule has 0 spiro atoms.